The summed E-state index contributed by atoms with van der Waals surface area (Å²) >= 11 is 0. The number of carbonyl (C=O) groups excluding carboxylic acids is 3. The van der Waals surface area contributed by atoms with Crippen LogP contribution in [0.25, 0.3) is 0 Å². The maximum Gasteiger partial charge on any atom is 0.337 e. The van der Waals surface area contributed by atoms with Crippen LogP contribution in [-0.2, 0) is 32.1 Å². The maximum absolute atomic E-state index is 11.8. The SMILES string of the molecule is CC(C)CCc1ccc(CC(=O)ON2C(=O)CCC2=O)cc1. The molecule has 1 aliphatic rings. The van der Waals surface area contributed by atoms with Crippen LogP contribution in [0.1, 0.15) is 44.2 Å². The van der Waals surface area contributed by atoms with Gasteiger partial charge in [0, 0.05) is 12.8 Å². The molecule has 1 heterocycles. The fraction of sp³-hybridized carbons (Fsp3) is 0.471. The van der Waals surface area contributed by atoms with Crippen molar-refractivity contribution in [3.63, 3.8) is 0 Å². The van der Waals surface area contributed by atoms with E-state index in [9.17, 15) is 14.4 Å². The standard InChI is InChI=1S/C17H21NO4/c1-12(2)3-4-13-5-7-14(8-6-13)11-17(21)22-18-15(19)9-10-16(18)20/h5-8,12H,3-4,9-11H2,1-2H3. The molecule has 0 unspecified atom stereocenters. The van der Waals surface area contributed by atoms with E-state index in [1.54, 1.807) is 0 Å². The van der Waals surface area contributed by atoms with E-state index in [1.165, 1.54) is 5.56 Å². The van der Waals surface area contributed by atoms with Crippen LogP contribution in [0.2, 0.25) is 0 Å². The molecular formula is C17H21NO4. The molecule has 0 N–H and O–H groups in total. The van der Waals surface area contributed by atoms with Gasteiger partial charge >= 0.3 is 5.97 Å². The van der Waals surface area contributed by atoms with E-state index in [0.29, 0.717) is 11.0 Å². The van der Waals surface area contributed by atoms with E-state index in [1.807, 2.05) is 24.3 Å². The van der Waals surface area contributed by atoms with Gasteiger partial charge in [-0.2, -0.15) is 0 Å². The number of benzene rings is 1. The topological polar surface area (TPSA) is 63.7 Å². The monoisotopic (exact) mass is 303 g/mol. The largest absolute Gasteiger partial charge is 0.337 e. The molecule has 5 heteroatoms. The summed E-state index contributed by atoms with van der Waals surface area (Å²) in [5, 5.41) is 0.583. The van der Waals surface area contributed by atoms with Crippen molar-refractivity contribution < 1.29 is 19.2 Å². The van der Waals surface area contributed by atoms with Gasteiger partial charge in [0.2, 0.25) is 0 Å². The van der Waals surface area contributed by atoms with E-state index in [4.69, 9.17) is 4.84 Å². The molecule has 0 atom stereocenters. The molecule has 22 heavy (non-hydrogen) atoms. The predicted octanol–water partition coefficient (Wildman–Crippen LogP) is 2.42. The smallest absolute Gasteiger partial charge is 0.330 e. The number of aryl methyl sites for hydroxylation is 1. The first kappa shape index (κ1) is 16.2. The van der Waals surface area contributed by atoms with Gasteiger partial charge in [0.15, 0.2) is 0 Å². The van der Waals surface area contributed by atoms with Crippen LogP contribution in [0.5, 0.6) is 0 Å². The van der Waals surface area contributed by atoms with Crippen molar-refractivity contribution >= 4 is 17.8 Å². The highest BCUT2D eigenvalue weighted by Gasteiger charge is 2.32. The van der Waals surface area contributed by atoms with Gasteiger partial charge in [-0.1, -0.05) is 38.1 Å². The Morgan fingerprint density at radius 1 is 1.09 bits per heavy atom. The van der Waals surface area contributed by atoms with E-state index in [0.717, 1.165) is 18.4 Å². The third-order valence-corrected chi connectivity index (χ3v) is 3.58. The number of hydrogen-bond acceptors (Lipinski definition) is 4. The van der Waals surface area contributed by atoms with Gasteiger partial charge in [-0.15, -0.1) is 5.06 Å². The Morgan fingerprint density at radius 2 is 1.64 bits per heavy atom. The minimum Gasteiger partial charge on any atom is -0.330 e. The second-order valence-electron chi connectivity index (χ2n) is 5.97. The van der Waals surface area contributed by atoms with Gasteiger partial charge in [-0.25, -0.2) is 4.79 Å². The number of rotatable bonds is 6. The van der Waals surface area contributed by atoms with Crippen LogP contribution in [0, 0.1) is 5.92 Å². The Morgan fingerprint density at radius 3 is 2.18 bits per heavy atom. The molecule has 0 aliphatic carbocycles. The Hall–Kier alpha value is -2.17. The lowest BCUT2D eigenvalue weighted by Gasteiger charge is -2.12. The molecule has 0 bridgehead atoms. The number of hydrogen-bond donors (Lipinski definition) is 0. The molecule has 2 amide bonds. The molecule has 1 saturated heterocycles. The lowest BCUT2D eigenvalue weighted by molar-refractivity contribution is -0.197. The van der Waals surface area contributed by atoms with Gasteiger partial charge < -0.3 is 4.84 Å². The van der Waals surface area contributed by atoms with Crippen molar-refractivity contribution in [2.75, 3.05) is 0 Å². The Labute approximate surface area is 130 Å². The Balaban J connectivity index is 1.86. The molecule has 1 aromatic rings. The molecule has 0 spiro atoms. The maximum atomic E-state index is 11.8. The normalized spacial score (nSPS) is 14.8. The van der Waals surface area contributed by atoms with Crippen LogP contribution < -0.4 is 0 Å². The molecule has 0 radical (unpaired) electrons. The van der Waals surface area contributed by atoms with Gasteiger partial charge in [0.05, 0.1) is 6.42 Å². The van der Waals surface area contributed by atoms with Crippen LogP contribution in [0.3, 0.4) is 0 Å². The quantitative estimate of drug-likeness (QED) is 0.757. The van der Waals surface area contributed by atoms with Gasteiger partial charge in [-0.3, -0.25) is 9.59 Å². The fourth-order valence-corrected chi connectivity index (χ4v) is 2.24. The lowest BCUT2D eigenvalue weighted by Crippen LogP contribution is -2.32. The Kier molecular flexibility index (Phi) is 5.31. The first-order valence-electron chi connectivity index (χ1n) is 7.60. The molecule has 118 valence electrons. The summed E-state index contributed by atoms with van der Waals surface area (Å²) in [4.78, 5) is 39.4. The number of nitrogens with zero attached hydrogens (tertiary/aromatic N) is 1. The van der Waals surface area contributed by atoms with Crippen molar-refractivity contribution in [2.45, 2.75) is 46.0 Å². The van der Waals surface area contributed by atoms with Crippen molar-refractivity contribution in [3.8, 4) is 0 Å². The van der Waals surface area contributed by atoms with E-state index >= 15 is 0 Å². The molecule has 5 nitrogen and oxygen atoms in total. The molecule has 1 fully saturated rings. The van der Waals surface area contributed by atoms with Crippen LogP contribution in [0.4, 0.5) is 0 Å². The molecule has 0 aromatic heterocycles. The van der Waals surface area contributed by atoms with Crippen LogP contribution >= 0.6 is 0 Å². The zero-order valence-electron chi connectivity index (χ0n) is 13.0. The van der Waals surface area contributed by atoms with Crippen molar-refractivity contribution in [2.24, 2.45) is 5.92 Å². The minimum atomic E-state index is -0.599. The third kappa shape index (κ3) is 4.41. The average molecular weight is 303 g/mol. The predicted molar refractivity (Wildman–Crippen MR) is 80.5 cm³/mol. The summed E-state index contributed by atoms with van der Waals surface area (Å²) in [7, 11) is 0. The summed E-state index contributed by atoms with van der Waals surface area (Å²) < 4.78 is 0. The van der Waals surface area contributed by atoms with Crippen molar-refractivity contribution in [1.29, 1.82) is 0 Å². The summed E-state index contributed by atoms with van der Waals surface area (Å²) in [5.41, 5.74) is 2.04. The highest BCUT2D eigenvalue weighted by atomic mass is 16.7. The lowest BCUT2D eigenvalue weighted by atomic mass is 10.0. The van der Waals surface area contributed by atoms with E-state index in [-0.39, 0.29) is 19.3 Å². The number of amides is 2. The number of hydroxylamine groups is 2. The summed E-state index contributed by atoms with van der Waals surface area (Å²) in [5.74, 6) is -0.853. The summed E-state index contributed by atoms with van der Waals surface area (Å²) in [6.45, 7) is 4.37. The van der Waals surface area contributed by atoms with Gasteiger partial charge in [0.1, 0.15) is 0 Å². The molecule has 0 saturated carbocycles. The van der Waals surface area contributed by atoms with E-state index in [2.05, 4.69) is 13.8 Å². The Bertz CT molecular complexity index is 547. The number of imide groups is 1. The average Bonchev–Trinajstić information content (AvgIpc) is 2.78. The second kappa shape index (κ2) is 7.20. The third-order valence-electron chi connectivity index (χ3n) is 3.58. The molecule has 2 rings (SSSR count). The zero-order chi connectivity index (χ0) is 16.1. The highest BCUT2D eigenvalue weighted by molar-refractivity contribution is 6.01. The summed E-state index contributed by atoms with van der Waals surface area (Å²) in [6.07, 6.45) is 2.40. The van der Waals surface area contributed by atoms with Crippen molar-refractivity contribution in [3.05, 3.63) is 35.4 Å². The number of carbonyl (C=O) groups is 3. The minimum absolute atomic E-state index is 0.0432. The van der Waals surface area contributed by atoms with E-state index < -0.39 is 17.8 Å². The van der Waals surface area contributed by atoms with Gasteiger partial charge in [-0.05, 0) is 29.9 Å². The fourth-order valence-electron chi connectivity index (χ4n) is 2.24. The molecule has 1 aromatic carbocycles. The molecular weight excluding hydrogens is 282 g/mol. The summed E-state index contributed by atoms with van der Waals surface area (Å²) in [6, 6.07) is 7.75. The first-order valence-corrected chi connectivity index (χ1v) is 7.60. The van der Waals surface area contributed by atoms with Crippen LogP contribution in [-0.4, -0.2) is 22.8 Å². The zero-order valence-corrected chi connectivity index (χ0v) is 13.0. The van der Waals surface area contributed by atoms with Gasteiger partial charge in [0.25, 0.3) is 11.8 Å². The highest BCUT2D eigenvalue weighted by Crippen LogP contribution is 2.14. The van der Waals surface area contributed by atoms with Crippen LogP contribution in [0.15, 0.2) is 24.3 Å². The molecule has 1 aliphatic heterocycles. The van der Waals surface area contributed by atoms with Crippen molar-refractivity contribution in [1.82, 2.24) is 5.06 Å². The second-order valence-corrected chi connectivity index (χ2v) is 5.97. The first-order chi connectivity index (χ1) is 10.5.